The van der Waals surface area contributed by atoms with Crippen LogP contribution < -0.4 is 0 Å². The Kier molecular flexibility index (Phi) is 5.71. The molecule has 11 nitrogen and oxygen atoms in total. The molecule has 12 heteroatoms. The van der Waals surface area contributed by atoms with E-state index < -0.39 is 9.84 Å². The van der Waals surface area contributed by atoms with E-state index in [1.807, 2.05) is 0 Å². The standard InChI is InChI=1S/C21H25N7O4S/c1-33(30,31)16-8-6-15(7-9-16)27-12-18(23-24-27)20-14-32-11-10-26(20)21(29)13-28-19-5-3-2-4-17(19)22-25-28/h6-9,12,20H,2-5,10-11,13-14H2,1H3. The number of fused-ring (bicyclic) bond motifs is 1. The lowest BCUT2D eigenvalue weighted by Gasteiger charge is -2.34. The third-order valence-electron chi connectivity index (χ3n) is 6.11. The van der Waals surface area contributed by atoms with E-state index >= 15 is 0 Å². The summed E-state index contributed by atoms with van der Waals surface area (Å²) in [4.78, 5) is 15.2. The molecule has 0 saturated carbocycles. The zero-order valence-electron chi connectivity index (χ0n) is 18.3. The number of benzene rings is 1. The number of nitrogens with zero attached hydrogens (tertiary/aromatic N) is 7. The second-order valence-corrected chi connectivity index (χ2v) is 10.4. The zero-order chi connectivity index (χ0) is 23.0. The molecular weight excluding hydrogens is 446 g/mol. The number of rotatable bonds is 5. The molecule has 5 rings (SSSR count). The molecule has 1 aromatic carbocycles. The largest absolute Gasteiger partial charge is 0.377 e. The number of aromatic nitrogens is 6. The van der Waals surface area contributed by atoms with Crippen molar-refractivity contribution in [3.8, 4) is 5.69 Å². The fourth-order valence-corrected chi connectivity index (χ4v) is 4.95. The van der Waals surface area contributed by atoms with Gasteiger partial charge in [0.1, 0.15) is 18.3 Å². The van der Waals surface area contributed by atoms with E-state index in [1.165, 1.54) is 18.4 Å². The SMILES string of the molecule is CS(=O)(=O)c1ccc(-n2cc(C3COCCN3C(=O)Cn3nnc4c3CCCC4)nn2)cc1. The van der Waals surface area contributed by atoms with Crippen molar-refractivity contribution in [3.63, 3.8) is 0 Å². The Balaban J connectivity index is 1.34. The van der Waals surface area contributed by atoms with Gasteiger partial charge in [-0.05, 0) is 49.9 Å². The van der Waals surface area contributed by atoms with Crippen molar-refractivity contribution in [2.45, 2.75) is 43.2 Å². The van der Waals surface area contributed by atoms with Gasteiger partial charge in [-0.1, -0.05) is 10.4 Å². The monoisotopic (exact) mass is 471 g/mol. The zero-order valence-corrected chi connectivity index (χ0v) is 19.1. The van der Waals surface area contributed by atoms with E-state index in [9.17, 15) is 13.2 Å². The van der Waals surface area contributed by atoms with Gasteiger partial charge < -0.3 is 9.64 Å². The molecule has 174 valence electrons. The van der Waals surface area contributed by atoms with E-state index in [0.717, 1.165) is 37.1 Å². The van der Waals surface area contributed by atoms with Crippen LogP contribution in [-0.4, -0.2) is 75.2 Å². The maximum atomic E-state index is 13.2. The molecule has 0 N–H and O–H groups in total. The first kappa shape index (κ1) is 21.7. The van der Waals surface area contributed by atoms with Crippen molar-refractivity contribution in [2.75, 3.05) is 26.0 Å². The Morgan fingerprint density at radius 2 is 1.91 bits per heavy atom. The number of amides is 1. The average Bonchev–Trinajstić information content (AvgIpc) is 3.47. The molecule has 3 heterocycles. The van der Waals surface area contributed by atoms with Crippen molar-refractivity contribution >= 4 is 15.7 Å². The fourth-order valence-electron chi connectivity index (χ4n) is 4.32. The van der Waals surface area contributed by atoms with Crippen LogP contribution in [0.5, 0.6) is 0 Å². The normalized spacial score (nSPS) is 18.8. The van der Waals surface area contributed by atoms with Crippen LogP contribution in [0.4, 0.5) is 0 Å². The lowest BCUT2D eigenvalue weighted by Crippen LogP contribution is -2.45. The second-order valence-electron chi connectivity index (χ2n) is 8.38. The predicted octanol–water partition coefficient (Wildman–Crippen LogP) is 0.741. The summed E-state index contributed by atoms with van der Waals surface area (Å²) >= 11 is 0. The van der Waals surface area contributed by atoms with Gasteiger partial charge in [0.2, 0.25) is 5.91 Å². The van der Waals surface area contributed by atoms with Crippen LogP contribution in [0.25, 0.3) is 5.69 Å². The van der Waals surface area contributed by atoms with Gasteiger partial charge in [-0.25, -0.2) is 17.8 Å². The molecule has 3 aromatic rings. The number of carbonyl (C=O) groups excluding carboxylic acids is 1. The Labute approximate surface area is 191 Å². The molecule has 1 aliphatic carbocycles. The van der Waals surface area contributed by atoms with E-state index in [-0.39, 0.29) is 23.4 Å². The van der Waals surface area contributed by atoms with Crippen LogP contribution in [0.2, 0.25) is 0 Å². The Morgan fingerprint density at radius 1 is 1.12 bits per heavy atom. The summed E-state index contributed by atoms with van der Waals surface area (Å²) in [6, 6.07) is 6.04. The quantitative estimate of drug-likeness (QED) is 0.534. The number of carbonyl (C=O) groups is 1. The van der Waals surface area contributed by atoms with Gasteiger partial charge in [-0.15, -0.1) is 10.2 Å². The number of hydrogen-bond donors (Lipinski definition) is 0. The number of ether oxygens (including phenoxy) is 1. The van der Waals surface area contributed by atoms with E-state index in [1.54, 1.807) is 32.6 Å². The van der Waals surface area contributed by atoms with E-state index in [2.05, 4.69) is 20.6 Å². The second kappa shape index (κ2) is 8.67. The molecule has 33 heavy (non-hydrogen) atoms. The lowest BCUT2D eigenvalue weighted by atomic mass is 10.0. The average molecular weight is 472 g/mol. The number of morpholine rings is 1. The summed E-state index contributed by atoms with van der Waals surface area (Å²) in [5, 5.41) is 16.9. The van der Waals surface area contributed by atoms with Crippen molar-refractivity contribution < 1.29 is 17.9 Å². The molecule has 0 radical (unpaired) electrons. The van der Waals surface area contributed by atoms with Crippen LogP contribution >= 0.6 is 0 Å². The van der Waals surface area contributed by atoms with E-state index in [4.69, 9.17) is 4.74 Å². The number of sulfone groups is 1. The Bertz CT molecular complexity index is 1270. The summed E-state index contributed by atoms with van der Waals surface area (Å²) in [6.45, 7) is 1.38. The molecule has 1 atom stereocenters. The topological polar surface area (TPSA) is 125 Å². The lowest BCUT2D eigenvalue weighted by molar-refractivity contribution is -0.141. The molecule has 0 bridgehead atoms. The van der Waals surface area contributed by atoms with E-state index in [0.29, 0.717) is 31.1 Å². The molecule has 0 spiro atoms. The first-order valence-corrected chi connectivity index (χ1v) is 12.8. The van der Waals surface area contributed by atoms with Gasteiger partial charge in [0.15, 0.2) is 9.84 Å². The number of aryl methyl sites for hydroxylation is 1. The molecular formula is C21H25N7O4S. The van der Waals surface area contributed by atoms with Gasteiger partial charge in [-0.2, -0.15) is 0 Å². The molecule has 1 aliphatic heterocycles. The van der Waals surface area contributed by atoms with Gasteiger partial charge >= 0.3 is 0 Å². The van der Waals surface area contributed by atoms with Crippen molar-refractivity contribution in [2.24, 2.45) is 0 Å². The highest BCUT2D eigenvalue weighted by molar-refractivity contribution is 7.90. The van der Waals surface area contributed by atoms with Crippen LogP contribution in [0.15, 0.2) is 35.4 Å². The van der Waals surface area contributed by atoms with Gasteiger partial charge in [-0.3, -0.25) is 4.79 Å². The molecule has 1 amide bonds. The van der Waals surface area contributed by atoms with Gasteiger partial charge in [0.25, 0.3) is 0 Å². The van der Waals surface area contributed by atoms with Crippen LogP contribution in [0.3, 0.4) is 0 Å². The van der Waals surface area contributed by atoms with Crippen molar-refractivity contribution in [3.05, 3.63) is 47.5 Å². The Hall–Kier alpha value is -3.12. The summed E-state index contributed by atoms with van der Waals surface area (Å²) in [5.74, 6) is -0.0615. The molecule has 1 fully saturated rings. The molecule has 1 saturated heterocycles. The number of hydrogen-bond acceptors (Lipinski definition) is 8. The van der Waals surface area contributed by atoms with Crippen LogP contribution in [-0.2, 0) is 38.8 Å². The first-order valence-electron chi connectivity index (χ1n) is 10.9. The summed E-state index contributed by atoms with van der Waals surface area (Å²) in [6.07, 6.45) is 6.92. The van der Waals surface area contributed by atoms with Gasteiger partial charge in [0, 0.05) is 12.8 Å². The highest BCUT2D eigenvalue weighted by Crippen LogP contribution is 2.25. The predicted molar refractivity (Wildman–Crippen MR) is 116 cm³/mol. The minimum Gasteiger partial charge on any atom is -0.377 e. The summed E-state index contributed by atoms with van der Waals surface area (Å²) in [7, 11) is -3.28. The summed E-state index contributed by atoms with van der Waals surface area (Å²) < 4.78 is 32.3. The molecule has 2 aromatic heterocycles. The maximum Gasteiger partial charge on any atom is 0.245 e. The summed E-state index contributed by atoms with van der Waals surface area (Å²) in [5.41, 5.74) is 3.33. The third-order valence-corrected chi connectivity index (χ3v) is 7.24. The van der Waals surface area contributed by atoms with Crippen molar-refractivity contribution in [1.29, 1.82) is 0 Å². The smallest absolute Gasteiger partial charge is 0.245 e. The Morgan fingerprint density at radius 3 is 2.70 bits per heavy atom. The van der Waals surface area contributed by atoms with Crippen LogP contribution in [0.1, 0.15) is 36.0 Å². The van der Waals surface area contributed by atoms with Crippen molar-refractivity contribution in [1.82, 2.24) is 34.9 Å². The first-order chi connectivity index (χ1) is 15.9. The fraction of sp³-hybridized carbons (Fsp3) is 0.476. The van der Waals surface area contributed by atoms with Crippen LogP contribution in [0, 0.1) is 0 Å². The minimum atomic E-state index is -3.28. The maximum absolute atomic E-state index is 13.2. The highest BCUT2D eigenvalue weighted by atomic mass is 32.2. The molecule has 2 aliphatic rings. The molecule has 1 unspecified atom stereocenters. The minimum absolute atomic E-state index is 0.0615. The highest BCUT2D eigenvalue weighted by Gasteiger charge is 2.32. The third kappa shape index (κ3) is 4.40. The van der Waals surface area contributed by atoms with Gasteiger partial charge in [0.05, 0.1) is 41.4 Å².